The second kappa shape index (κ2) is 4.43. The number of hydrogen-bond donors (Lipinski definition) is 1. The zero-order chi connectivity index (χ0) is 9.84. The van der Waals surface area contributed by atoms with Gasteiger partial charge in [0.1, 0.15) is 0 Å². The highest BCUT2D eigenvalue weighted by Gasteiger charge is 2.22. The fraction of sp³-hybridized carbons (Fsp3) is 0.500. The molecule has 72 valence electrons. The Morgan fingerprint density at radius 2 is 1.31 bits per heavy atom. The lowest BCUT2D eigenvalue weighted by Crippen LogP contribution is -2.11. The summed E-state index contributed by atoms with van der Waals surface area (Å²) in [6.45, 7) is 8.42. The molecular formula is C12H19N. The van der Waals surface area contributed by atoms with E-state index in [1.54, 1.807) is 0 Å². The van der Waals surface area contributed by atoms with E-state index in [0.717, 1.165) is 0 Å². The maximum atomic E-state index is 3.48. The summed E-state index contributed by atoms with van der Waals surface area (Å²) >= 11 is 0. The average Bonchev–Trinajstić information content (AvgIpc) is 2.47. The van der Waals surface area contributed by atoms with Crippen LogP contribution in [0.4, 0.5) is 0 Å². The Balaban J connectivity index is 0.000000396. The van der Waals surface area contributed by atoms with Gasteiger partial charge in [0.25, 0.3) is 0 Å². The molecule has 1 aromatic rings. The fourth-order valence-electron chi connectivity index (χ4n) is 1.85. The molecule has 2 rings (SSSR count). The molecule has 1 nitrogen and oxygen atoms in total. The number of nitrogens with one attached hydrogen (secondary N) is 1. The third-order valence-electron chi connectivity index (χ3n) is 2.43. The van der Waals surface area contributed by atoms with Crippen molar-refractivity contribution in [3.63, 3.8) is 0 Å². The third kappa shape index (κ3) is 1.92. The molecule has 0 saturated carbocycles. The predicted octanol–water partition coefficient (Wildman–Crippen LogP) is 3.44. The minimum absolute atomic E-state index is 0.529. The third-order valence-corrected chi connectivity index (χ3v) is 2.43. The van der Waals surface area contributed by atoms with Crippen LogP contribution in [0, 0.1) is 0 Å². The van der Waals surface area contributed by atoms with E-state index in [1.807, 2.05) is 13.8 Å². The second-order valence-corrected chi connectivity index (χ2v) is 3.24. The quantitative estimate of drug-likeness (QED) is 0.640. The molecule has 0 fully saturated rings. The van der Waals surface area contributed by atoms with Crippen LogP contribution in [0.2, 0.25) is 0 Å². The van der Waals surface area contributed by atoms with Crippen molar-refractivity contribution in [3.05, 3.63) is 35.4 Å². The van der Waals surface area contributed by atoms with Crippen molar-refractivity contribution >= 4 is 0 Å². The van der Waals surface area contributed by atoms with Crippen LogP contribution in [-0.2, 0) is 0 Å². The Morgan fingerprint density at radius 1 is 0.923 bits per heavy atom. The van der Waals surface area contributed by atoms with Crippen LogP contribution >= 0.6 is 0 Å². The Morgan fingerprint density at radius 3 is 1.69 bits per heavy atom. The first-order valence-electron chi connectivity index (χ1n) is 5.14. The van der Waals surface area contributed by atoms with Crippen LogP contribution < -0.4 is 5.32 Å². The molecule has 13 heavy (non-hydrogen) atoms. The van der Waals surface area contributed by atoms with E-state index in [1.165, 1.54) is 11.1 Å². The molecule has 2 atom stereocenters. The lowest BCUT2D eigenvalue weighted by molar-refractivity contribution is 0.553. The van der Waals surface area contributed by atoms with Crippen LogP contribution in [0.15, 0.2) is 24.3 Å². The van der Waals surface area contributed by atoms with Crippen molar-refractivity contribution < 1.29 is 0 Å². The van der Waals surface area contributed by atoms with Crippen molar-refractivity contribution in [3.8, 4) is 0 Å². The SMILES string of the molecule is CC.CC1NC(C)c2ccccc21. The van der Waals surface area contributed by atoms with Gasteiger partial charge in [-0.3, -0.25) is 0 Å². The molecule has 1 heteroatoms. The molecular weight excluding hydrogens is 158 g/mol. The van der Waals surface area contributed by atoms with Gasteiger partial charge >= 0.3 is 0 Å². The van der Waals surface area contributed by atoms with Crippen LogP contribution in [0.5, 0.6) is 0 Å². The number of fused-ring (bicyclic) bond motifs is 1. The van der Waals surface area contributed by atoms with Crippen molar-refractivity contribution in [1.82, 2.24) is 5.32 Å². The molecule has 1 aliphatic heterocycles. The molecule has 0 aliphatic carbocycles. The predicted molar refractivity (Wildman–Crippen MR) is 57.8 cm³/mol. The summed E-state index contributed by atoms with van der Waals surface area (Å²) in [5, 5.41) is 3.48. The summed E-state index contributed by atoms with van der Waals surface area (Å²) in [5.74, 6) is 0. The molecule has 1 N–H and O–H groups in total. The Bertz CT molecular complexity index is 241. The zero-order valence-electron chi connectivity index (χ0n) is 8.96. The molecule has 2 unspecified atom stereocenters. The summed E-state index contributed by atoms with van der Waals surface area (Å²) in [6, 6.07) is 9.68. The van der Waals surface area contributed by atoms with Gasteiger partial charge in [0.15, 0.2) is 0 Å². The van der Waals surface area contributed by atoms with Gasteiger partial charge in [-0.15, -0.1) is 0 Å². The molecule has 1 heterocycles. The van der Waals surface area contributed by atoms with E-state index in [9.17, 15) is 0 Å². The number of hydrogen-bond acceptors (Lipinski definition) is 1. The van der Waals surface area contributed by atoms with Gasteiger partial charge in [0, 0.05) is 12.1 Å². The maximum Gasteiger partial charge on any atom is 0.0300 e. The molecule has 0 bridgehead atoms. The zero-order valence-corrected chi connectivity index (χ0v) is 8.96. The largest absolute Gasteiger partial charge is 0.304 e. The van der Waals surface area contributed by atoms with Gasteiger partial charge in [0.05, 0.1) is 0 Å². The summed E-state index contributed by atoms with van der Waals surface area (Å²) in [6.07, 6.45) is 0. The van der Waals surface area contributed by atoms with Gasteiger partial charge < -0.3 is 5.32 Å². The molecule has 0 amide bonds. The minimum Gasteiger partial charge on any atom is -0.304 e. The van der Waals surface area contributed by atoms with Crippen LogP contribution in [-0.4, -0.2) is 0 Å². The Labute approximate surface area is 81.2 Å². The van der Waals surface area contributed by atoms with Crippen LogP contribution in [0.1, 0.15) is 50.9 Å². The van der Waals surface area contributed by atoms with Gasteiger partial charge in [0.2, 0.25) is 0 Å². The van der Waals surface area contributed by atoms with Crippen molar-refractivity contribution in [2.24, 2.45) is 0 Å². The van der Waals surface area contributed by atoms with E-state index in [-0.39, 0.29) is 0 Å². The summed E-state index contributed by atoms with van der Waals surface area (Å²) in [7, 11) is 0. The van der Waals surface area contributed by atoms with Crippen LogP contribution in [0.25, 0.3) is 0 Å². The molecule has 1 aliphatic rings. The highest BCUT2D eigenvalue weighted by atomic mass is 15.0. The average molecular weight is 177 g/mol. The van der Waals surface area contributed by atoms with E-state index in [4.69, 9.17) is 0 Å². The lowest BCUT2D eigenvalue weighted by atomic mass is 10.0. The van der Waals surface area contributed by atoms with Crippen LogP contribution in [0.3, 0.4) is 0 Å². The number of benzene rings is 1. The van der Waals surface area contributed by atoms with Gasteiger partial charge in [-0.05, 0) is 25.0 Å². The highest BCUT2D eigenvalue weighted by molar-refractivity contribution is 5.36. The second-order valence-electron chi connectivity index (χ2n) is 3.24. The Kier molecular flexibility index (Phi) is 3.49. The topological polar surface area (TPSA) is 12.0 Å². The number of rotatable bonds is 0. The van der Waals surface area contributed by atoms with Gasteiger partial charge in [-0.2, -0.15) is 0 Å². The van der Waals surface area contributed by atoms with Crippen molar-refractivity contribution in [2.75, 3.05) is 0 Å². The molecule has 0 radical (unpaired) electrons. The maximum absolute atomic E-state index is 3.48. The molecule has 1 aromatic carbocycles. The van der Waals surface area contributed by atoms with E-state index < -0.39 is 0 Å². The van der Waals surface area contributed by atoms with E-state index in [0.29, 0.717) is 12.1 Å². The monoisotopic (exact) mass is 177 g/mol. The van der Waals surface area contributed by atoms with Gasteiger partial charge in [-0.1, -0.05) is 38.1 Å². The lowest BCUT2D eigenvalue weighted by Gasteiger charge is -2.04. The fourth-order valence-corrected chi connectivity index (χ4v) is 1.85. The first-order chi connectivity index (χ1) is 6.29. The van der Waals surface area contributed by atoms with Crippen molar-refractivity contribution in [1.29, 1.82) is 0 Å². The molecule has 0 saturated heterocycles. The standard InChI is InChI=1S/C10H13N.C2H6/c1-7-9-5-3-4-6-10(9)8(2)11-7;1-2/h3-8,11H,1-2H3;1-2H3. The minimum atomic E-state index is 0.529. The van der Waals surface area contributed by atoms with E-state index >= 15 is 0 Å². The highest BCUT2D eigenvalue weighted by Crippen LogP contribution is 2.31. The first-order valence-corrected chi connectivity index (χ1v) is 5.14. The summed E-state index contributed by atoms with van der Waals surface area (Å²) in [5.41, 5.74) is 2.92. The van der Waals surface area contributed by atoms with Crippen molar-refractivity contribution in [2.45, 2.75) is 39.8 Å². The van der Waals surface area contributed by atoms with E-state index in [2.05, 4.69) is 43.4 Å². The smallest absolute Gasteiger partial charge is 0.0300 e. The Hall–Kier alpha value is -0.820. The summed E-state index contributed by atoms with van der Waals surface area (Å²) < 4.78 is 0. The first kappa shape index (κ1) is 10.3. The van der Waals surface area contributed by atoms with Gasteiger partial charge in [-0.25, -0.2) is 0 Å². The molecule has 0 aromatic heterocycles. The summed E-state index contributed by atoms with van der Waals surface area (Å²) in [4.78, 5) is 0. The normalized spacial score (nSPS) is 24.6. The molecule has 0 spiro atoms.